The van der Waals surface area contributed by atoms with Gasteiger partial charge in [-0.05, 0) is 77.0 Å². The highest BCUT2D eigenvalue weighted by atomic mass is 16.7. The van der Waals surface area contributed by atoms with Gasteiger partial charge in [-0.2, -0.15) is 0 Å². The molecule has 0 aliphatic rings. The van der Waals surface area contributed by atoms with Crippen molar-refractivity contribution >= 4 is 17.9 Å². The molecule has 0 radical (unpaired) electrons. The zero-order chi connectivity index (χ0) is 64.7. The van der Waals surface area contributed by atoms with Crippen LogP contribution in [0, 0.1) is 0 Å². The smallest absolute Gasteiger partial charge is 0.306 e. The number of carboxylic acid groups (broad SMARTS) is 1. The highest BCUT2D eigenvalue weighted by Gasteiger charge is 2.22. The molecule has 0 bridgehead atoms. The van der Waals surface area contributed by atoms with Gasteiger partial charge in [0.25, 0.3) is 0 Å². The molecule has 0 N–H and O–H groups in total. The Morgan fingerprint density at radius 3 is 0.888 bits per heavy atom. The zero-order valence-corrected chi connectivity index (χ0v) is 59.8. The topological polar surface area (TPSA) is 111 Å². The Morgan fingerprint density at radius 1 is 0.337 bits per heavy atom. The Balaban J connectivity index is 3.94. The first-order chi connectivity index (χ1) is 43.6. The molecule has 2 atom stereocenters. The van der Waals surface area contributed by atoms with Crippen molar-refractivity contribution in [1.82, 2.24) is 0 Å². The van der Waals surface area contributed by atoms with Gasteiger partial charge < -0.3 is 33.3 Å². The fraction of sp³-hybridized carbons (Fsp3) is 0.863. The third-order valence-corrected chi connectivity index (χ3v) is 17.5. The molecule has 0 fully saturated rings. The van der Waals surface area contributed by atoms with Crippen LogP contribution in [0.1, 0.15) is 386 Å². The van der Waals surface area contributed by atoms with E-state index >= 15 is 0 Å². The van der Waals surface area contributed by atoms with Gasteiger partial charge in [0.05, 0.1) is 40.3 Å². The first kappa shape index (κ1) is 86.2. The number of carboxylic acids is 1. The van der Waals surface area contributed by atoms with Gasteiger partial charge in [-0.3, -0.25) is 9.59 Å². The summed E-state index contributed by atoms with van der Waals surface area (Å²) in [5.41, 5.74) is 0. The van der Waals surface area contributed by atoms with Gasteiger partial charge in [0.1, 0.15) is 13.2 Å². The molecule has 0 aliphatic heterocycles. The highest BCUT2D eigenvalue weighted by molar-refractivity contribution is 5.70. The predicted octanol–water partition coefficient (Wildman–Crippen LogP) is 23.1. The molecular formula is C80H149NO8. The Hall–Kier alpha value is -2.75. The Morgan fingerprint density at radius 2 is 0.607 bits per heavy atom. The van der Waals surface area contributed by atoms with E-state index in [9.17, 15) is 19.5 Å². The van der Waals surface area contributed by atoms with Crippen molar-refractivity contribution in [2.45, 2.75) is 399 Å². The second-order valence-corrected chi connectivity index (χ2v) is 27.6. The normalized spacial score (nSPS) is 12.9. The van der Waals surface area contributed by atoms with Crippen molar-refractivity contribution in [3.8, 4) is 0 Å². The first-order valence-corrected chi connectivity index (χ1v) is 38.8. The minimum atomic E-state index is -1.62. The van der Waals surface area contributed by atoms with E-state index in [-0.39, 0.29) is 32.2 Å². The standard InChI is InChI=1S/C80H149NO8/c1-6-8-10-12-14-16-18-20-22-24-26-28-30-31-32-33-34-35-36-37-38-39-40-41-42-43-44-45-46-47-49-51-53-55-57-59-61-63-65-67-69-71-78(83)89-76(75-88-80(79(84)85)86-73-72-81(3,4)5)74-87-77(82)70-68-66-64-62-60-58-56-54-52-50-48-29-27-25-23-21-19-17-15-13-11-9-7-2/h18-21,24-27,76,80H,6-17,22-23,28-75H2,1-5H3/b20-18-,21-19-,26-24-,27-25-. The number of quaternary nitrogens is 1. The summed E-state index contributed by atoms with van der Waals surface area (Å²) in [6.45, 7) is 4.79. The van der Waals surface area contributed by atoms with Gasteiger partial charge in [-0.1, -0.05) is 345 Å². The van der Waals surface area contributed by atoms with Crippen LogP contribution in [-0.4, -0.2) is 82.3 Å². The van der Waals surface area contributed by atoms with E-state index in [0.717, 1.165) is 51.4 Å². The van der Waals surface area contributed by atoms with E-state index in [1.807, 2.05) is 21.1 Å². The van der Waals surface area contributed by atoms with Crippen LogP contribution < -0.4 is 5.11 Å². The number of hydrogen-bond donors (Lipinski definition) is 0. The number of aliphatic carboxylic acids is 1. The molecule has 0 amide bonds. The molecule has 89 heavy (non-hydrogen) atoms. The molecule has 2 unspecified atom stereocenters. The Labute approximate surface area is 553 Å². The van der Waals surface area contributed by atoms with Gasteiger partial charge in [0.15, 0.2) is 12.4 Å². The molecule has 0 rings (SSSR count). The van der Waals surface area contributed by atoms with Crippen LogP contribution in [0.4, 0.5) is 0 Å². The number of likely N-dealkylation sites (N-methyl/N-ethyl adjacent to an activating group) is 1. The van der Waals surface area contributed by atoms with Gasteiger partial charge >= 0.3 is 11.9 Å². The van der Waals surface area contributed by atoms with E-state index in [0.29, 0.717) is 17.4 Å². The van der Waals surface area contributed by atoms with Crippen LogP contribution >= 0.6 is 0 Å². The summed E-state index contributed by atoms with van der Waals surface area (Å²) in [4.78, 5) is 37.5. The third-order valence-electron chi connectivity index (χ3n) is 17.5. The minimum absolute atomic E-state index is 0.149. The first-order valence-electron chi connectivity index (χ1n) is 38.8. The summed E-state index contributed by atoms with van der Waals surface area (Å²) >= 11 is 0. The van der Waals surface area contributed by atoms with Crippen molar-refractivity contribution in [1.29, 1.82) is 0 Å². The average Bonchev–Trinajstić information content (AvgIpc) is 3.64. The van der Waals surface area contributed by atoms with Crippen molar-refractivity contribution in [2.24, 2.45) is 0 Å². The minimum Gasteiger partial charge on any atom is -0.545 e. The van der Waals surface area contributed by atoms with Crippen LogP contribution in [0.2, 0.25) is 0 Å². The molecule has 0 aromatic carbocycles. The number of nitrogens with zero attached hydrogens (tertiary/aromatic N) is 1. The van der Waals surface area contributed by atoms with Gasteiger partial charge in [-0.15, -0.1) is 0 Å². The number of ether oxygens (including phenoxy) is 4. The number of hydrogen-bond acceptors (Lipinski definition) is 8. The number of carbonyl (C=O) groups excluding carboxylic acids is 3. The van der Waals surface area contributed by atoms with Crippen LogP contribution in [0.25, 0.3) is 0 Å². The Kier molecular flexibility index (Phi) is 68.9. The lowest BCUT2D eigenvalue weighted by atomic mass is 10.0. The number of allylic oxidation sites excluding steroid dienone is 8. The lowest BCUT2D eigenvalue weighted by molar-refractivity contribution is -0.870. The molecule has 0 spiro atoms. The van der Waals surface area contributed by atoms with Crippen molar-refractivity contribution in [3.05, 3.63) is 48.6 Å². The molecular weight excluding hydrogens is 1100 g/mol. The number of esters is 2. The molecule has 0 heterocycles. The average molecular weight is 1250 g/mol. The Bertz CT molecular complexity index is 1600. The summed E-state index contributed by atoms with van der Waals surface area (Å²) in [5.74, 6) is -2.26. The van der Waals surface area contributed by atoms with E-state index < -0.39 is 24.3 Å². The maximum Gasteiger partial charge on any atom is 0.306 e. The van der Waals surface area contributed by atoms with Gasteiger partial charge in [-0.25, -0.2) is 0 Å². The third kappa shape index (κ3) is 72.5. The summed E-state index contributed by atoms with van der Waals surface area (Å²) in [7, 11) is 5.94. The molecule has 522 valence electrons. The van der Waals surface area contributed by atoms with E-state index in [1.54, 1.807) is 0 Å². The lowest BCUT2D eigenvalue weighted by Gasteiger charge is -2.26. The molecule has 9 nitrogen and oxygen atoms in total. The van der Waals surface area contributed by atoms with Gasteiger partial charge in [0.2, 0.25) is 0 Å². The number of carbonyl (C=O) groups is 3. The van der Waals surface area contributed by atoms with Crippen LogP contribution in [0.5, 0.6) is 0 Å². The van der Waals surface area contributed by atoms with Crippen molar-refractivity contribution in [2.75, 3.05) is 47.5 Å². The zero-order valence-electron chi connectivity index (χ0n) is 59.8. The molecule has 0 saturated carbocycles. The number of rotatable bonds is 73. The summed E-state index contributed by atoms with van der Waals surface area (Å²) in [6.07, 6.45) is 89.5. The van der Waals surface area contributed by atoms with Crippen molar-refractivity contribution < 1.29 is 42.9 Å². The molecule has 0 saturated heterocycles. The summed E-state index contributed by atoms with van der Waals surface area (Å²) in [5, 5.41) is 11.8. The maximum absolute atomic E-state index is 13.0. The predicted molar refractivity (Wildman–Crippen MR) is 380 cm³/mol. The fourth-order valence-corrected chi connectivity index (χ4v) is 11.6. The summed E-state index contributed by atoms with van der Waals surface area (Å²) in [6, 6.07) is 0. The van der Waals surface area contributed by atoms with Crippen LogP contribution in [0.3, 0.4) is 0 Å². The van der Waals surface area contributed by atoms with E-state index in [4.69, 9.17) is 18.9 Å². The summed E-state index contributed by atoms with van der Waals surface area (Å²) < 4.78 is 22.8. The monoisotopic (exact) mass is 1250 g/mol. The quantitative estimate of drug-likeness (QED) is 0.0195. The number of unbranched alkanes of at least 4 members (excludes halogenated alkanes) is 50. The fourth-order valence-electron chi connectivity index (χ4n) is 11.6. The van der Waals surface area contributed by atoms with Gasteiger partial charge in [0, 0.05) is 12.8 Å². The largest absolute Gasteiger partial charge is 0.545 e. The molecule has 0 aromatic rings. The van der Waals surface area contributed by atoms with E-state index in [2.05, 4.69) is 62.5 Å². The van der Waals surface area contributed by atoms with Crippen LogP contribution in [0.15, 0.2) is 48.6 Å². The van der Waals surface area contributed by atoms with Crippen LogP contribution in [-0.2, 0) is 33.3 Å². The second-order valence-electron chi connectivity index (χ2n) is 27.6. The molecule has 0 aromatic heterocycles. The maximum atomic E-state index is 13.0. The van der Waals surface area contributed by atoms with E-state index in [1.165, 1.54) is 308 Å². The highest BCUT2D eigenvalue weighted by Crippen LogP contribution is 2.19. The second kappa shape index (κ2) is 71.1. The molecule has 9 heteroatoms. The SMILES string of the molecule is CCCCCCC/C=C\C/C=C\CCCCCCCCCCCCCCCCCCCCCCCCCCCCCCCC(=O)OC(COC(=O)CCCCCCCCCCCCC/C=C\C/C=C\CCCCCCC)COC(OCC[N+](C)(C)C)C(=O)[O-]. The van der Waals surface area contributed by atoms with Crippen molar-refractivity contribution in [3.63, 3.8) is 0 Å². The lowest BCUT2D eigenvalue weighted by Crippen LogP contribution is -2.44. The molecule has 0 aliphatic carbocycles.